The molecule has 1 atom stereocenters. The normalized spacial score (nSPS) is 18.3. The highest BCUT2D eigenvalue weighted by atomic mass is 15.2. The maximum Gasteiger partial charge on any atom is 0.0233 e. The van der Waals surface area contributed by atoms with Crippen molar-refractivity contribution in [3.63, 3.8) is 0 Å². The van der Waals surface area contributed by atoms with E-state index in [9.17, 15) is 0 Å². The first-order valence-corrected chi connectivity index (χ1v) is 8.11. The third-order valence-electron chi connectivity index (χ3n) is 4.80. The summed E-state index contributed by atoms with van der Waals surface area (Å²) in [5, 5.41) is 0. The van der Waals surface area contributed by atoms with Crippen LogP contribution in [0, 0.1) is 5.41 Å². The van der Waals surface area contributed by atoms with Crippen LogP contribution >= 0.6 is 0 Å². The zero-order chi connectivity index (χ0) is 14.3. The molecule has 0 N–H and O–H groups in total. The number of rotatable bonds is 7. The molecule has 0 aromatic heterocycles. The van der Waals surface area contributed by atoms with Crippen molar-refractivity contribution in [2.75, 3.05) is 13.1 Å². The Balaban J connectivity index is 2.74. The van der Waals surface area contributed by atoms with Gasteiger partial charge in [0.2, 0.25) is 0 Å². The summed E-state index contributed by atoms with van der Waals surface area (Å²) in [5.41, 5.74) is 1.91. The molecule has 0 saturated heterocycles. The summed E-state index contributed by atoms with van der Waals surface area (Å²) >= 11 is 0. The van der Waals surface area contributed by atoms with E-state index < -0.39 is 0 Å². The minimum atomic E-state index is 0.393. The molecule has 0 heterocycles. The highest BCUT2D eigenvalue weighted by Gasteiger charge is 2.28. The lowest BCUT2D eigenvalue weighted by Gasteiger charge is -2.40. The second kappa shape index (κ2) is 7.89. The van der Waals surface area contributed by atoms with E-state index in [1.165, 1.54) is 44.2 Å². The van der Waals surface area contributed by atoms with E-state index in [0.29, 0.717) is 11.5 Å². The molecule has 1 aliphatic carbocycles. The fourth-order valence-electron chi connectivity index (χ4n) is 2.66. The van der Waals surface area contributed by atoms with Gasteiger partial charge >= 0.3 is 0 Å². The first-order chi connectivity index (χ1) is 9.01. The van der Waals surface area contributed by atoms with Crippen molar-refractivity contribution < 1.29 is 0 Å². The Bertz CT molecular complexity index is 312. The Morgan fingerprint density at radius 2 is 2.00 bits per heavy atom. The van der Waals surface area contributed by atoms with E-state index in [2.05, 4.69) is 57.7 Å². The third-order valence-corrected chi connectivity index (χ3v) is 4.80. The van der Waals surface area contributed by atoms with Gasteiger partial charge in [0, 0.05) is 12.6 Å². The molecule has 19 heavy (non-hydrogen) atoms. The lowest BCUT2D eigenvalue weighted by Crippen LogP contribution is -2.44. The number of allylic oxidation sites excluding steroid dienone is 2. The van der Waals surface area contributed by atoms with Gasteiger partial charge in [-0.25, -0.2) is 0 Å². The van der Waals surface area contributed by atoms with Crippen molar-refractivity contribution in [1.82, 2.24) is 4.90 Å². The van der Waals surface area contributed by atoms with Crippen LogP contribution in [0.4, 0.5) is 0 Å². The van der Waals surface area contributed by atoms with Gasteiger partial charge in [-0.2, -0.15) is 0 Å². The zero-order valence-electron chi connectivity index (χ0n) is 13.7. The van der Waals surface area contributed by atoms with Gasteiger partial charge in [0.15, 0.2) is 0 Å². The van der Waals surface area contributed by atoms with Crippen molar-refractivity contribution in [1.29, 1.82) is 0 Å². The van der Waals surface area contributed by atoms with Gasteiger partial charge in [0.05, 0.1) is 0 Å². The Morgan fingerprint density at radius 3 is 2.63 bits per heavy atom. The molecule has 1 unspecified atom stereocenters. The molecule has 0 aromatic carbocycles. The molecule has 0 aromatic rings. The van der Waals surface area contributed by atoms with E-state index in [-0.39, 0.29) is 0 Å². The zero-order valence-corrected chi connectivity index (χ0v) is 13.7. The molecule has 0 bridgehead atoms. The average Bonchev–Trinajstić information content (AvgIpc) is 2.66. The van der Waals surface area contributed by atoms with Crippen molar-refractivity contribution in [3.8, 4) is 0 Å². The molecule has 1 heteroatoms. The summed E-state index contributed by atoms with van der Waals surface area (Å²) in [6.07, 6.45) is 13.4. The standard InChI is InChI=1S/C18H33N/c1-6-14-19(16(3)18(4,5)7-2)15-17-12-10-8-9-11-13-17/h10,12-13,16H,6-9,11,14-15H2,1-5H3. The van der Waals surface area contributed by atoms with Gasteiger partial charge in [-0.1, -0.05) is 45.9 Å². The molecule has 0 aliphatic heterocycles. The van der Waals surface area contributed by atoms with Crippen LogP contribution in [-0.2, 0) is 0 Å². The number of hydrogen-bond acceptors (Lipinski definition) is 1. The molecular formula is C18H33N. The van der Waals surface area contributed by atoms with Crippen molar-refractivity contribution in [2.45, 2.75) is 72.8 Å². The second-order valence-corrected chi connectivity index (χ2v) is 6.60. The first-order valence-electron chi connectivity index (χ1n) is 8.11. The van der Waals surface area contributed by atoms with Gasteiger partial charge in [0.25, 0.3) is 0 Å². The smallest absolute Gasteiger partial charge is 0.0233 e. The van der Waals surface area contributed by atoms with Crippen LogP contribution in [0.2, 0.25) is 0 Å². The Morgan fingerprint density at radius 1 is 1.26 bits per heavy atom. The van der Waals surface area contributed by atoms with Crippen molar-refractivity contribution in [3.05, 3.63) is 23.8 Å². The highest BCUT2D eigenvalue weighted by Crippen LogP contribution is 2.29. The van der Waals surface area contributed by atoms with E-state index in [0.717, 1.165) is 6.54 Å². The summed E-state index contributed by atoms with van der Waals surface area (Å²) in [7, 11) is 0. The summed E-state index contributed by atoms with van der Waals surface area (Å²) in [6.45, 7) is 14.1. The minimum Gasteiger partial charge on any atom is -0.296 e. The highest BCUT2D eigenvalue weighted by molar-refractivity contribution is 5.22. The van der Waals surface area contributed by atoms with Crippen LogP contribution < -0.4 is 0 Å². The summed E-state index contributed by atoms with van der Waals surface area (Å²) in [6, 6.07) is 0.634. The fraction of sp³-hybridized carbons (Fsp3) is 0.778. The Kier molecular flexibility index (Phi) is 6.85. The topological polar surface area (TPSA) is 3.24 Å². The van der Waals surface area contributed by atoms with E-state index in [4.69, 9.17) is 0 Å². The summed E-state index contributed by atoms with van der Waals surface area (Å²) in [5.74, 6) is 0. The molecule has 0 radical (unpaired) electrons. The van der Waals surface area contributed by atoms with Crippen LogP contribution in [0.25, 0.3) is 0 Å². The molecule has 0 spiro atoms. The molecule has 0 amide bonds. The number of nitrogens with zero attached hydrogens (tertiary/aromatic N) is 1. The van der Waals surface area contributed by atoms with E-state index >= 15 is 0 Å². The molecule has 0 fully saturated rings. The third kappa shape index (κ3) is 5.14. The quantitative estimate of drug-likeness (QED) is 0.611. The van der Waals surface area contributed by atoms with Crippen LogP contribution in [0.5, 0.6) is 0 Å². The lowest BCUT2D eigenvalue weighted by molar-refractivity contribution is 0.106. The van der Waals surface area contributed by atoms with Gasteiger partial charge in [-0.15, -0.1) is 0 Å². The Labute approximate surface area is 120 Å². The molecule has 1 nitrogen and oxygen atoms in total. The van der Waals surface area contributed by atoms with E-state index in [1.807, 2.05) is 0 Å². The SMILES string of the molecule is CCCN(CC1=CCCCC=C1)C(C)C(C)(C)CC. The van der Waals surface area contributed by atoms with Crippen molar-refractivity contribution in [2.24, 2.45) is 5.41 Å². The van der Waals surface area contributed by atoms with Crippen LogP contribution in [-0.4, -0.2) is 24.0 Å². The van der Waals surface area contributed by atoms with E-state index in [1.54, 1.807) is 0 Å². The molecule has 0 saturated carbocycles. The maximum absolute atomic E-state index is 2.67. The predicted molar refractivity (Wildman–Crippen MR) is 86.5 cm³/mol. The van der Waals surface area contributed by atoms with Gasteiger partial charge in [-0.05, 0) is 56.6 Å². The summed E-state index contributed by atoms with van der Waals surface area (Å²) < 4.78 is 0. The van der Waals surface area contributed by atoms with Gasteiger partial charge < -0.3 is 0 Å². The van der Waals surface area contributed by atoms with Gasteiger partial charge in [0.1, 0.15) is 0 Å². The predicted octanol–water partition coefficient (Wildman–Crippen LogP) is 5.19. The largest absolute Gasteiger partial charge is 0.296 e. The maximum atomic E-state index is 2.67. The van der Waals surface area contributed by atoms with Gasteiger partial charge in [-0.3, -0.25) is 4.90 Å². The first kappa shape index (κ1) is 16.5. The minimum absolute atomic E-state index is 0.393. The van der Waals surface area contributed by atoms with Crippen LogP contribution in [0.15, 0.2) is 23.8 Å². The molecule has 1 aliphatic rings. The fourth-order valence-corrected chi connectivity index (χ4v) is 2.66. The van der Waals surface area contributed by atoms with Crippen LogP contribution in [0.1, 0.15) is 66.7 Å². The second-order valence-electron chi connectivity index (χ2n) is 6.60. The molecule has 1 rings (SSSR count). The molecular weight excluding hydrogens is 230 g/mol. The van der Waals surface area contributed by atoms with Crippen molar-refractivity contribution >= 4 is 0 Å². The number of hydrogen-bond donors (Lipinski definition) is 0. The molecule has 110 valence electrons. The summed E-state index contributed by atoms with van der Waals surface area (Å²) in [4.78, 5) is 2.67. The Hall–Kier alpha value is -0.560. The lowest BCUT2D eigenvalue weighted by atomic mass is 9.81. The average molecular weight is 263 g/mol. The monoisotopic (exact) mass is 263 g/mol. The van der Waals surface area contributed by atoms with Crippen LogP contribution in [0.3, 0.4) is 0 Å².